The topological polar surface area (TPSA) is 38.3 Å². The summed E-state index contributed by atoms with van der Waals surface area (Å²) in [6.07, 6.45) is 5.15. The number of alkyl halides is 1. The third-order valence-corrected chi connectivity index (χ3v) is 4.77. The Balaban J connectivity index is 2.23. The first-order valence-corrected chi connectivity index (χ1v) is 8.19. The Hall–Kier alpha value is -0.280. The molecule has 1 aliphatic rings. The van der Waals surface area contributed by atoms with Crippen LogP contribution in [0.3, 0.4) is 0 Å². The van der Waals surface area contributed by atoms with Gasteiger partial charge in [-0.1, -0.05) is 20.8 Å². The second-order valence-corrected chi connectivity index (χ2v) is 7.66. The minimum atomic E-state index is -0.0167. The average Bonchev–Trinajstić information content (AvgIpc) is 2.38. The highest BCUT2D eigenvalue weighted by Crippen LogP contribution is 2.39. The molecule has 0 aliphatic heterocycles. The summed E-state index contributed by atoms with van der Waals surface area (Å²) >= 11 is 6.04. The van der Waals surface area contributed by atoms with Gasteiger partial charge in [0.25, 0.3) is 0 Å². The molecule has 0 radical (unpaired) electrons. The Morgan fingerprint density at radius 1 is 1.30 bits per heavy atom. The van der Waals surface area contributed by atoms with Crippen molar-refractivity contribution in [3.63, 3.8) is 0 Å². The molecule has 1 fully saturated rings. The summed E-state index contributed by atoms with van der Waals surface area (Å²) in [5.41, 5.74) is 0.368. The summed E-state index contributed by atoms with van der Waals surface area (Å²) in [5, 5.41) is 3.00. The van der Waals surface area contributed by atoms with Crippen LogP contribution in [0.25, 0.3) is 0 Å². The molecule has 118 valence electrons. The van der Waals surface area contributed by atoms with Crippen LogP contribution in [0.4, 0.5) is 0 Å². The highest BCUT2D eigenvalue weighted by Gasteiger charge is 2.32. The van der Waals surface area contributed by atoms with Crippen LogP contribution in [-0.2, 0) is 9.53 Å². The number of carbonyl (C=O) groups excluding carboxylic acids is 1. The van der Waals surface area contributed by atoms with E-state index in [1.54, 1.807) is 7.11 Å². The number of amides is 1. The summed E-state index contributed by atoms with van der Waals surface area (Å²) in [7, 11) is 1.64. The zero-order chi connectivity index (χ0) is 15.2. The van der Waals surface area contributed by atoms with Gasteiger partial charge in [0.2, 0.25) is 5.91 Å². The number of nitrogens with one attached hydrogen (secondary N) is 1. The first-order valence-electron chi connectivity index (χ1n) is 7.75. The number of hydrogen-bond donors (Lipinski definition) is 1. The Bertz CT molecular complexity index is 293. The maximum atomic E-state index is 12.1. The molecule has 0 bridgehead atoms. The van der Waals surface area contributed by atoms with Crippen molar-refractivity contribution in [1.82, 2.24) is 5.32 Å². The van der Waals surface area contributed by atoms with Crippen LogP contribution in [0.2, 0.25) is 0 Å². The third-order valence-electron chi connectivity index (χ3n) is 4.43. The first-order chi connectivity index (χ1) is 9.34. The molecule has 1 rings (SSSR count). The minimum absolute atomic E-state index is 0.0167. The zero-order valence-corrected chi connectivity index (χ0v) is 14.1. The lowest BCUT2D eigenvalue weighted by Gasteiger charge is -2.36. The number of hydrogen-bond acceptors (Lipinski definition) is 2. The zero-order valence-electron chi connectivity index (χ0n) is 13.4. The van der Waals surface area contributed by atoms with Crippen LogP contribution in [0.1, 0.15) is 52.9 Å². The van der Waals surface area contributed by atoms with Crippen LogP contribution in [0.5, 0.6) is 0 Å². The molecular formula is C16H30ClNO2. The lowest BCUT2D eigenvalue weighted by Crippen LogP contribution is -2.36. The van der Waals surface area contributed by atoms with Crippen molar-refractivity contribution in [2.45, 2.75) is 58.3 Å². The SMILES string of the molecule is COCC(Cl)CCNC(=O)C1CCC(C(C)(C)C)CC1. The minimum Gasteiger partial charge on any atom is -0.383 e. The quantitative estimate of drug-likeness (QED) is 0.761. The number of carbonyl (C=O) groups is 1. The van der Waals surface area contributed by atoms with Crippen LogP contribution in [0.15, 0.2) is 0 Å². The smallest absolute Gasteiger partial charge is 0.223 e. The third kappa shape index (κ3) is 6.01. The van der Waals surface area contributed by atoms with Crippen LogP contribution < -0.4 is 5.32 Å². The fourth-order valence-corrected chi connectivity index (χ4v) is 3.22. The van der Waals surface area contributed by atoms with E-state index in [0.717, 1.165) is 25.2 Å². The summed E-state index contributed by atoms with van der Waals surface area (Å²) in [5.74, 6) is 1.16. The maximum Gasteiger partial charge on any atom is 0.223 e. The molecule has 0 saturated heterocycles. The molecule has 0 aromatic carbocycles. The number of rotatable bonds is 6. The second kappa shape index (κ2) is 8.23. The molecule has 3 nitrogen and oxygen atoms in total. The Morgan fingerprint density at radius 2 is 1.90 bits per heavy atom. The molecule has 1 aliphatic carbocycles. The van der Waals surface area contributed by atoms with Crippen molar-refractivity contribution < 1.29 is 9.53 Å². The van der Waals surface area contributed by atoms with E-state index in [4.69, 9.17) is 16.3 Å². The molecule has 1 atom stereocenters. The number of ether oxygens (including phenoxy) is 1. The Kier molecular flexibility index (Phi) is 7.32. The first kappa shape index (κ1) is 17.8. The molecule has 1 amide bonds. The van der Waals surface area contributed by atoms with Gasteiger partial charge in [-0.25, -0.2) is 0 Å². The Morgan fingerprint density at radius 3 is 2.40 bits per heavy atom. The second-order valence-electron chi connectivity index (χ2n) is 7.05. The van der Waals surface area contributed by atoms with Crippen molar-refractivity contribution >= 4 is 17.5 Å². The van der Waals surface area contributed by atoms with Gasteiger partial charge in [-0.3, -0.25) is 4.79 Å². The van der Waals surface area contributed by atoms with E-state index in [-0.39, 0.29) is 17.2 Å². The molecule has 1 saturated carbocycles. The van der Waals surface area contributed by atoms with Gasteiger partial charge in [0.15, 0.2) is 0 Å². The molecule has 4 heteroatoms. The molecule has 0 aromatic rings. The highest BCUT2D eigenvalue weighted by atomic mass is 35.5. The van der Waals surface area contributed by atoms with E-state index in [2.05, 4.69) is 26.1 Å². The van der Waals surface area contributed by atoms with Gasteiger partial charge in [0, 0.05) is 19.6 Å². The van der Waals surface area contributed by atoms with Crippen molar-refractivity contribution in [2.75, 3.05) is 20.3 Å². The molecule has 1 unspecified atom stereocenters. The molecule has 0 heterocycles. The van der Waals surface area contributed by atoms with Gasteiger partial charge in [-0.15, -0.1) is 11.6 Å². The standard InChI is InChI=1S/C16H30ClNO2/c1-16(2,3)13-7-5-12(6-8-13)15(19)18-10-9-14(17)11-20-4/h12-14H,5-11H2,1-4H3,(H,18,19). The summed E-state index contributed by atoms with van der Waals surface area (Å²) in [6, 6.07) is 0. The molecular weight excluding hydrogens is 274 g/mol. The number of methoxy groups -OCH3 is 1. The van der Waals surface area contributed by atoms with Crippen LogP contribution in [0, 0.1) is 17.3 Å². The van der Waals surface area contributed by atoms with E-state index in [1.165, 1.54) is 12.8 Å². The van der Waals surface area contributed by atoms with Crippen molar-refractivity contribution in [3.8, 4) is 0 Å². The average molecular weight is 304 g/mol. The molecule has 20 heavy (non-hydrogen) atoms. The summed E-state index contributed by atoms with van der Waals surface area (Å²) < 4.78 is 4.98. The van der Waals surface area contributed by atoms with Gasteiger partial charge in [-0.2, -0.15) is 0 Å². The molecule has 0 aromatic heterocycles. The van der Waals surface area contributed by atoms with E-state index < -0.39 is 0 Å². The van der Waals surface area contributed by atoms with Crippen molar-refractivity contribution in [1.29, 1.82) is 0 Å². The van der Waals surface area contributed by atoms with Gasteiger partial charge < -0.3 is 10.1 Å². The summed E-state index contributed by atoms with van der Waals surface area (Å²) in [4.78, 5) is 12.1. The fourth-order valence-electron chi connectivity index (χ4n) is 2.98. The molecule has 1 N–H and O–H groups in total. The van der Waals surface area contributed by atoms with E-state index >= 15 is 0 Å². The van der Waals surface area contributed by atoms with E-state index in [0.29, 0.717) is 18.6 Å². The Labute approximate surface area is 128 Å². The lowest BCUT2D eigenvalue weighted by atomic mass is 9.69. The van der Waals surface area contributed by atoms with Crippen molar-refractivity contribution in [2.24, 2.45) is 17.3 Å². The van der Waals surface area contributed by atoms with Gasteiger partial charge >= 0.3 is 0 Å². The largest absolute Gasteiger partial charge is 0.383 e. The van der Waals surface area contributed by atoms with Crippen LogP contribution in [-0.4, -0.2) is 31.5 Å². The van der Waals surface area contributed by atoms with Gasteiger partial charge in [0.1, 0.15) is 0 Å². The maximum absolute atomic E-state index is 12.1. The van der Waals surface area contributed by atoms with Gasteiger partial charge in [-0.05, 0) is 43.4 Å². The molecule has 0 spiro atoms. The number of halogens is 1. The monoisotopic (exact) mass is 303 g/mol. The predicted octanol–water partition coefficient (Wildman–Crippen LogP) is 3.60. The lowest BCUT2D eigenvalue weighted by molar-refractivity contribution is -0.126. The van der Waals surface area contributed by atoms with E-state index in [9.17, 15) is 4.79 Å². The van der Waals surface area contributed by atoms with Crippen molar-refractivity contribution in [3.05, 3.63) is 0 Å². The van der Waals surface area contributed by atoms with Gasteiger partial charge in [0.05, 0.1) is 12.0 Å². The highest BCUT2D eigenvalue weighted by molar-refractivity contribution is 6.20. The van der Waals surface area contributed by atoms with E-state index in [1.807, 2.05) is 0 Å². The predicted molar refractivity (Wildman–Crippen MR) is 84.0 cm³/mol. The van der Waals surface area contributed by atoms with Crippen LogP contribution >= 0.6 is 11.6 Å². The fraction of sp³-hybridized carbons (Fsp3) is 0.938. The normalized spacial score (nSPS) is 25.2. The summed E-state index contributed by atoms with van der Waals surface area (Å²) in [6.45, 7) is 8.08.